The van der Waals surface area contributed by atoms with E-state index in [1.165, 1.54) is 13.8 Å². The van der Waals surface area contributed by atoms with E-state index < -0.39 is 58.2 Å². The number of aromatic nitrogens is 1. The lowest BCUT2D eigenvalue weighted by atomic mass is 9.42. The summed E-state index contributed by atoms with van der Waals surface area (Å²) in [6.07, 6.45) is 6.65. The van der Waals surface area contributed by atoms with Gasteiger partial charge in [-0.15, -0.1) is 0 Å². The molecule has 11 nitrogen and oxygen atoms in total. The quantitative estimate of drug-likeness (QED) is 0.168. The van der Waals surface area contributed by atoms with E-state index in [1.54, 1.807) is 30.6 Å². The van der Waals surface area contributed by atoms with Gasteiger partial charge in [0.1, 0.15) is 41.5 Å². The Morgan fingerprint density at radius 1 is 1.04 bits per heavy atom. The number of esters is 3. The standard InChI is InChI=1S/C37H49NO10/c1-7-8-9-10-11-14-30(41)47-29-19-27-35(4,16-15-28(45-23(3)40)36(27,5)21-44-22(2)39)33-32(42)31-26(48-37(29,33)6)18-25(46-34(31)43)24-13-12-17-38-20-24/h12-13,17-18,20,27-29,32-33,42H,7-11,14-16,19,21H2,1-6H3/t27?,28-,29-,32?,33?,35-,36-,37+/m0/s1. The second-order valence-corrected chi connectivity index (χ2v) is 14.5. The van der Waals surface area contributed by atoms with E-state index in [-0.39, 0.29) is 42.0 Å². The Morgan fingerprint density at radius 2 is 1.79 bits per heavy atom. The number of rotatable bonds is 11. The molecule has 2 fully saturated rings. The van der Waals surface area contributed by atoms with Crippen molar-refractivity contribution in [2.24, 2.45) is 22.7 Å². The van der Waals surface area contributed by atoms with Gasteiger partial charge in [-0.1, -0.05) is 46.5 Å². The van der Waals surface area contributed by atoms with E-state index in [9.17, 15) is 24.3 Å². The van der Waals surface area contributed by atoms with Gasteiger partial charge in [0.05, 0.1) is 6.10 Å². The highest BCUT2D eigenvalue weighted by atomic mass is 16.6. The van der Waals surface area contributed by atoms with Crippen LogP contribution in [0.2, 0.25) is 0 Å². The van der Waals surface area contributed by atoms with Gasteiger partial charge in [0.2, 0.25) is 0 Å². The summed E-state index contributed by atoms with van der Waals surface area (Å²) in [4.78, 5) is 55.6. The van der Waals surface area contributed by atoms with Crippen molar-refractivity contribution in [1.82, 2.24) is 4.98 Å². The second-order valence-electron chi connectivity index (χ2n) is 14.5. The minimum atomic E-state index is -1.34. The summed E-state index contributed by atoms with van der Waals surface area (Å²) in [6, 6.07) is 5.06. The monoisotopic (exact) mass is 667 g/mol. The van der Waals surface area contributed by atoms with Crippen LogP contribution in [0, 0.1) is 22.7 Å². The molecule has 262 valence electrons. The zero-order valence-corrected chi connectivity index (χ0v) is 28.9. The molecule has 8 atom stereocenters. The average Bonchev–Trinajstić information content (AvgIpc) is 3.02. The Kier molecular flexibility index (Phi) is 10.4. The molecule has 2 aliphatic carbocycles. The van der Waals surface area contributed by atoms with Crippen LogP contribution in [0.1, 0.15) is 111 Å². The third kappa shape index (κ3) is 6.62. The number of aliphatic hydroxyl groups excluding tert-OH is 1. The molecule has 3 heterocycles. The minimum absolute atomic E-state index is 0.00297. The summed E-state index contributed by atoms with van der Waals surface area (Å²) in [6.45, 7) is 10.5. The molecule has 5 rings (SSSR count). The van der Waals surface area contributed by atoms with E-state index in [4.69, 9.17) is 23.4 Å². The van der Waals surface area contributed by atoms with Gasteiger partial charge in [0.25, 0.3) is 0 Å². The maximum atomic E-state index is 13.6. The van der Waals surface area contributed by atoms with E-state index in [2.05, 4.69) is 11.9 Å². The Morgan fingerprint density at radius 3 is 2.46 bits per heavy atom. The van der Waals surface area contributed by atoms with Gasteiger partial charge in [-0.05, 0) is 56.1 Å². The van der Waals surface area contributed by atoms with Crippen LogP contribution in [0.5, 0.6) is 5.75 Å². The summed E-state index contributed by atoms with van der Waals surface area (Å²) < 4.78 is 30.3. The van der Waals surface area contributed by atoms with Crippen molar-refractivity contribution in [3.63, 3.8) is 0 Å². The number of aliphatic hydroxyl groups is 1. The summed E-state index contributed by atoms with van der Waals surface area (Å²) in [5, 5.41) is 12.3. The van der Waals surface area contributed by atoms with Crippen LogP contribution < -0.4 is 10.4 Å². The van der Waals surface area contributed by atoms with Crippen molar-refractivity contribution in [3.05, 3.63) is 46.6 Å². The highest BCUT2D eigenvalue weighted by Crippen LogP contribution is 2.67. The molecule has 2 aromatic heterocycles. The lowest BCUT2D eigenvalue weighted by molar-refractivity contribution is -0.271. The number of unbranched alkanes of at least 4 members (excludes halogenated alkanes) is 4. The van der Waals surface area contributed by atoms with Crippen LogP contribution in [0.4, 0.5) is 0 Å². The molecule has 2 saturated carbocycles. The number of pyridine rings is 1. The predicted molar refractivity (Wildman–Crippen MR) is 175 cm³/mol. The van der Waals surface area contributed by atoms with Crippen LogP contribution in [0.3, 0.4) is 0 Å². The zero-order valence-electron chi connectivity index (χ0n) is 28.9. The molecule has 0 bridgehead atoms. The first-order valence-corrected chi connectivity index (χ1v) is 17.2. The van der Waals surface area contributed by atoms with Crippen LogP contribution in [-0.2, 0) is 28.6 Å². The van der Waals surface area contributed by atoms with E-state index in [1.807, 2.05) is 20.8 Å². The summed E-state index contributed by atoms with van der Waals surface area (Å²) in [5.74, 6) is -2.05. The molecular weight excluding hydrogens is 618 g/mol. The van der Waals surface area contributed by atoms with Crippen molar-refractivity contribution in [2.75, 3.05) is 6.61 Å². The first-order chi connectivity index (χ1) is 22.7. The fraction of sp³-hybridized carbons (Fsp3) is 0.649. The smallest absolute Gasteiger partial charge is 0.345 e. The van der Waals surface area contributed by atoms with Crippen molar-refractivity contribution < 1.29 is 42.9 Å². The van der Waals surface area contributed by atoms with E-state index >= 15 is 0 Å². The molecule has 48 heavy (non-hydrogen) atoms. The highest BCUT2D eigenvalue weighted by molar-refractivity contribution is 5.70. The molecule has 0 aromatic carbocycles. The first-order valence-electron chi connectivity index (χ1n) is 17.2. The molecule has 0 saturated heterocycles. The summed E-state index contributed by atoms with van der Waals surface area (Å²) >= 11 is 0. The van der Waals surface area contributed by atoms with E-state index in [0.717, 1.165) is 25.7 Å². The topological polar surface area (TPSA) is 151 Å². The number of fused-ring (bicyclic) bond motifs is 4. The molecule has 3 aliphatic rings. The number of hydrogen-bond donors (Lipinski definition) is 1. The van der Waals surface area contributed by atoms with Crippen LogP contribution >= 0.6 is 0 Å². The number of carbonyl (C=O) groups is 3. The zero-order chi connectivity index (χ0) is 34.9. The van der Waals surface area contributed by atoms with Gasteiger partial charge in [-0.2, -0.15) is 0 Å². The normalized spacial score (nSPS) is 32.1. The largest absolute Gasteiger partial charge is 0.482 e. The molecule has 3 unspecified atom stereocenters. The maximum Gasteiger partial charge on any atom is 0.345 e. The van der Waals surface area contributed by atoms with Crippen LogP contribution in [0.15, 0.2) is 39.8 Å². The summed E-state index contributed by atoms with van der Waals surface area (Å²) in [7, 11) is 0. The number of nitrogens with zero attached hydrogens (tertiary/aromatic N) is 1. The second kappa shape index (κ2) is 14.0. The van der Waals surface area contributed by atoms with Gasteiger partial charge < -0.3 is 28.5 Å². The number of carbonyl (C=O) groups excluding carboxylic acids is 3. The fourth-order valence-electron chi connectivity index (χ4n) is 8.93. The van der Waals surface area contributed by atoms with Gasteiger partial charge in [0.15, 0.2) is 0 Å². The highest BCUT2D eigenvalue weighted by Gasteiger charge is 2.71. The first kappa shape index (κ1) is 35.6. The van der Waals surface area contributed by atoms with Gasteiger partial charge in [-0.3, -0.25) is 19.4 Å². The predicted octanol–water partition coefficient (Wildman–Crippen LogP) is 6.10. The fourth-order valence-corrected chi connectivity index (χ4v) is 8.93. The van der Waals surface area contributed by atoms with Crippen molar-refractivity contribution in [3.8, 4) is 17.1 Å². The number of hydrogen-bond acceptors (Lipinski definition) is 11. The molecular formula is C37H49NO10. The Labute approximate surface area is 281 Å². The lowest BCUT2D eigenvalue weighted by Crippen LogP contribution is -2.71. The minimum Gasteiger partial charge on any atom is -0.482 e. The Balaban J connectivity index is 1.60. The Hall–Kier alpha value is -3.73. The number of ether oxygens (including phenoxy) is 4. The van der Waals surface area contributed by atoms with Gasteiger partial charge in [0, 0.05) is 55.6 Å². The molecule has 1 aliphatic heterocycles. The molecule has 2 aromatic rings. The van der Waals surface area contributed by atoms with Crippen LogP contribution in [0.25, 0.3) is 11.3 Å². The third-order valence-corrected chi connectivity index (χ3v) is 11.2. The molecule has 0 radical (unpaired) electrons. The molecule has 0 amide bonds. The average molecular weight is 668 g/mol. The van der Waals surface area contributed by atoms with Crippen LogP contribution in [-0.4, -0.2) is 52.4 Å². The van der Waals surface area contributed by atoms with Crippen molar-refractivity contribution in [1.29, 1.82) is 0 Å². The molecule has 11 heteroatoms. The SMILES string of the molecule is CCCCCCCC(=O)O[C@H]1CC2[C@](C)(CC[C@H](OC(C)=O)[C@@]2(C)COC(C)=O)C2C(O)c3c(cc(-c4cccnc4)oc3=O)O[C@@]21C. The lowest BCUT2D eigenvalue weighted by Gasteiger charge is -2.66. The molecule has 1 N–H and O–H groups in total. The van der Waals surface area contributed by atoms with E-state index in [0.29, 0.717) is 31.2 Å². The van der Waals surface area contributed by atoms with Crippen molar-refractivity contribution in [2.45, 2.75) is 123 Å². The third-order valence-electron chi connectivity index (χ3n) is 11.2. The van der Waals surface area contributed by atoms with Gasteiger partial charge >= 0.3 is 23.5 Å². The Bertz CT molecular complexity index is 1560. The van der Waals surface area contributed by atoms with Gasteiger partial charge in [-0.25, -0.2) is 4.79 Å². The van der Waals surface area contributed by atoms with Crippen molar-refractivity contribution >= 4 is 17.9 Å². The summed E-state index contributed by atoms with van der Waals surface area (Å²) in [5.41, 5.74) is -3.08. The maximum absolute atomic E-state index is 13.6. The molecule has 0 spiro atoms.